The summed E-state index contributed by atoms with van der Waals surface area (Å²) in [6.45, 7) is 4.19. The molecule has 0 radical (unpaired) electrons. The van der Waals surface area contributed by atoms with Crippen molar-refractivity contribution in [3.63, 3.8) is 0 Å². The van der Waals surface area contributed by atoms with Gasteiger partial charge in [-0.05, 0) is 31.0 Å². The minimum absolute atomic E-state index is 0.264. The van der Waals surface area contributed by atoms with Crippen LogP contribution in [0.2, 0.25) is 0 Å². The molecule has 0 spiro atoms. The summed E-state index contributed by atoms with van der Waals surface area (Å²) in [7, 11) is 0. The highest BCUT2D eigenvalue weighted by atomic mass is 16.5. The first-order valence-electron chi connectivity index (χ1n) is 5.95. The molecule has 0 aromatic heterocycles. The van der Waals surface area contributed by atoms with Crippen LogP contribution in [0.3, 0.4) is 0 Å². The number of esters is 1. The van der Waals surface area contributed by atoms with Gasteiger partial charge in [-0.1, -0.05) is 48.0 Å². The van der Waals surface area contributed by atoms with Crippen LogP contribution in [0, 0.1) is 13.8 Å². The van der Waals surface area contributed by atoms with Gasteiger partial charge in [0.1, 0.15) is 6.61 Å². The molecule has 18 heavy (non-hydrogen) atoms. The van der Waals surface area contributed by atoms with E-state index in [4.69, 9.17) is 4.74 Å². The van der Waals surface area contributed by atoms with E-state index in [1.54, 1.807) is 0 Å². The van der Waals surface area contributed by atoms with Crippen LogP contribution >= 0.6 is 0 Å². The molecule has 92 valence electrons. The molecule has 0 aliphatic heterocycles. The molecule has 2 rings (SSSR count). The summed E-state index contributed by atoms with van der Waals surface area (Å²) in [5, 5.41) is 0. The molecule has 0 saturated carbocycles. The van der Waals surface area contributed by atoms with Crippen LogP contribution in [0.25, 0.3) is 0 Å². The van der Waals surface area contributed by atoms with Gasteiger partial charge in [0.05, 0.1) is 5.56 Å². The van der Waals surface area contributed by atoms with Gasteiger partial charge in [0, 0.05) is 0 Å². The summed E-state index contributed by atoms with van der Waals surface area (Å²) in [4.78, 5) is 12.0. The Kier molecular flexibility index (Phi) is 3.78. The molecule has 0 aliphatic rings. The molecule has 0 saturated heterocycles. The molecule has 0 N–H and O–H groups in total. The van der Waals surface area contributed by atoms with Crippen LogP contribution in [0.1, 0.15) is 27.0 Å². The number of ether oxygens (including phenoxy) is 1. The molecule has 2 aromatic rings. The van der Waals surface area contributed by atoms with Crippen LogP contribution < -0.4 is 0 Å². The summed E-state index contributed by atoms with van der Waals surface area (Å²) < 4.78 is 5.31. The van der Waals surface area contributed by atoms with E-state index in [-0.39, 0.29) is 5.97 Å². The predicted molar refractivity (Wildman–Crippen MR) is 71.5 cm³/mol. The zero-order chi connectivity index (χ0) is 13.0. The van der Waals surface area contributed by atoms with Crippen LogP contribution in [0.5, 0.6) is 0 Å². The monoisotopic (exact) mass is 240 g/mol. The highest BCUT2D eigenvalue weighted by Crippen LogP contribution is 2.13. The molecule has 0 heterocycles. The highest BCUT2D eigenvalue weighted by Gasteiger charge is 2.10. The van der Waals surface area contributed by atoms with Crippen molar-refractivity contribution < 1.29 is 9.53 Å². The van der Waals surface area contributed by atoms with Gasteiger partial charge in [0.25, 0.3) is 0 Å². The topological polar surface area (TPSA) is 26.3 Å². The third-order valence-electron chi connectivity index (χ3n) is 2.83. The lowest BCUT2D eigenvalue weighted by Crippen LogP contribution is -2.07. The van der Waals surface area contributed by atoms with Gasteiger partial charge in [-0.2, -0.15) is 0 Å². The van der Waals surface area contributed by atoms with Crippen molar-refractivity contribution in [1.29, 1.82) is 0 Å². The van der Waals surface area contributed by atoms with Gasteiger partial charge < -0.3 is 4.74 Å². The van der Waals surface area contributed by atoms with Crippen molar-refractivity contribution in [2.24, 2.45) is 0 Å². The Labute approximate surface area is 107 Å². The van der Waals surface area contributed by atoms with Gasteiger partial charge >= 0.3 is 5.97 Å². The Hall–Kier alpha value is -2.09. The Bertz CT molecular complexity index is 544. The molecule has 0 fully saturated rings. The van der Waals surface area contributed by atoms with Gasteiger partial charge in [-0.3, -0.25) is 0 Å². The van der Waals surface area contributed by atoms with Crippen LogP contribution in [-0.2, 0) is 11.3 Å². The van der Waals surface area contributed by atoms with Crippen molar-refractivity contribution >= 4 is 5.97 Å². The lowest BCUT2D eigenvalue weighted by atomic mass is 10.1. The second kappa shape index (κ2) is 5.50. The van der Waals surface area contributed by atoms with Crippen molar-refractivity contribution in [3.05, 3.63) is 70.8 Å². The number of benzene rings is 2. The van der Waals surface area contributed by atoms with Crippen LogP contribution in [-0.4, -0.2) is 5.97 Å². The molecule has 0 atom stereocenters. The Morgan fingerprint density at radius 1 is 1.06 bits per heavy atom. The zero-order valence-electron chi connectivity index (χ0n) is 10.6. The Balaban J connectivity index is 2.06. The fourth-order valence-electron chi connectivity index (χ4n) is 1.76. The number of rotatable bonds is 3. The van der Waals surface area contributed by atoms with Gasteiger partial charge in [0.15, 0.2) is 0 Å². The molecule has 2 heteroatoms. The zero-order valence-corrected chi connectivity index (χ0v) is 10.6. The number of hydrogen-bond acceptors (Lipinski definition) is 2. The first-order chi connectivity index (χ1) is 8.66. The van der Waals surface area contributed by atoms with Crippen molar-refractivity contribution in [3.8, 4) is 0 Å². The average molecular weight is 240 g/mol. The van der Waals surface area contributed by atoms with E-state index in [1.807, 2.05) is 62.4 Å². The molecule has 2 nitrogen and oxygen atoms in total. The van der Waals surface area contributed by atoms with Crippen LogP contribution in [0.4, 0.5) is 0 Å². The molecule has 2 aromatic carbocycles. The number of aryl methyl sites for hydroxylation is 2. The minimum Gasteiger partial charge on any atom is -0.457 e. The summed E-state index contributed by atoms with van der Waals surface area (Å²) in [5.74, 6) is -0.264. The van der Waals surface area contributed by atoms with Crippen molar-refractivity contribution in [1.82, 2.24) is 0 Å². The SMILES string of the molecule is Cc1ccc(C)c(C(=O)OCc2ccccc2)c1. The molecular formula is C16H16O2. The highest BCUT2D eigenvalue weighted by molar-refractivity contribution is 5.91. The molecule has 0 amide bonds. The summed E-state index contributed by atoms with van der Waals surface area (Å²) in [6.07, 6.45) is 0. The number of hydrogen-bond donors (Lipinski definition) is 0. The van der Waals surface area contributed by atoms with E-state index >= 15 is 0 Å². The predicted octanol–water partition coefficient (Wildman–Crippen LogP) is 3.66. The normalized spacial score (nSPS) is 10.1. The first kappa shape index (κ1) is 12.4. The third kappa shape index (κ3) is 2.98. The molecule has 0 bridgehead atoms. The van der Waals surface area contributed by atoms with Gasteiger partial charge in [-0.15, -0.1) is 0 Å². The minimum atomic E-state index is -0.264. The molecule has 0 unspecified atom stereocenters. The van der Waals surface area contributed by atoms with Gasteiger partial charge in [-0.25, -0.2) is 4.79 Å². The van der Waals surface area contributed by atoms with Crippen molar-refractivity contribution in [2.45, 2.75) is 20.5 Å². The maximum atomic E-state index is 12.0. The van der Waals surface area contributed by atoms with Crippen molar-refractivity contribution in [2.75, 3.05) is 0 Å². The van der Waals surface area contributed by atoms with E-state index in [9.17, 15) is 4.79 Å². The standard InChI is InChI=1S/C16H16O2/c1-12-8-9-13(2)15(10-12)16(17)18-11-14-6-4-3-5-7-14/h3-10H,11H2,1-2H3. The molecular weight excluding hydrogens is 224 g/mol. The smallest absolute Gasteiger partial charge is 0.338 e. The van der Waals surface area contributed by atoms with E-state index in [1.165, 1.54) is 0 Å². The lowest BCUT2D eigenvalue weighted by Gasteiger charge is -2.08. The fraction of sp³-hybridized carbons (Fsp3) is 0.188. The Morgan fingerprint density at radius 2 is 1.78 bits per heavy atom. The maximum absolute atomic E-state index is 12.0. The van der Waals surface area contributed by atoms with E-state index in [0.717, 1.165) is 16.7 Å². The fourth-order valence-corrected chi connectivity index (χ4v) is 1.76. The third-order valence-corrected chi connectivity index (χ3v) is 2.83. The summed E-state index contributed by atoms with van der Waals surface area (Å²) in [6, 6.07) is 15.5. The number of carbonyl (C=O) groups excluding carboxylic acids is 1. The first-order valence-corrected chi connectivity index (χ1v) is 5.95. The van der Waals surface area contributed by atoms with E-state index in [0.29, 0.717) is 12.2 Å². The van der Waals surface area contributed by atoms with E-state index in [2.05, 4.69) is 0 Å². The maximum Gasteiger partial charge on any atom is 0.338 e. The second-order valence-electron chi connectivity index (χ2n) is 4.38. The average Bonchev–Trinajstić information content (AvgIpc) is 2.40. The lowest BCUT2D eigenvalue weighted by molar-refractivity contribution is 0.0472. The summed E-state index contributed by atoms with van der Waals surface area (Å²) in [5.41, 5.74) is 3.65. The molecule has 0 aliphatic carbocycles. The van der Waals surface area contributed by atoms with E-state index < -0.39 is 0 Å². The Morgan fingerprint density at radius 3 is 2.50 bits per heavy atom. The number of carbonyl (C=O) groups is 1. The summed E-state index contributed by atoms with van der Waals surface area (Å²) >= 11 is 0. The second-order valence-corrected chi connectivity index (χ2v) is 4.38. The van der Waals surface area contributed by atoms with Gasteiger partial charge in [0.2, 0.25) is 0 Å². The van der Waals surface area contributed by atoms with Crippen LogP contribution in [0.15, 0.2) is 48.5 Å². The largest absolute Gasteiger partial charge is 0.457 e. The quantitative estimate of drug-likeness (QED) is 0.765.